The first-order valence-electron chi connectivity index (χ1n) is 7.58. The molecule has 0 aromatic carbocycles. The van der Waals surface area contributed by atoms with Gasteiger partial charge in [-0.1, -0.05) is 0 Å². The zero-order valence-corrected chi connectivity index (χ0v) is 13.9. The maximum atomic E-state index is 12.3. The summed E-state index contributed by atoms with van der Waals surface area (Å²) < 4.78 is 5.79. The molecule has 1 fully saturated rings. The number of nitrogens with one attached hydrogen (secondary N) is 2. The smallest absolute Gasteiger partial charge is 0.317 e. The lowest BCUT2D eigenvalue weighted by molar-refractivity contribution is -0.117. The summed E-state index contributed by atoms with van der Waals surface area (Å²) in [5, 5.41) is 2.84. The van der Waals surface area contributed by atoms with Crippen molar-refractivity contribution in [2.45, 2.75) is 52.9 Å². The Morgan fingerprint density at radius 1 is 1.50 bits per heavy atom. The molecule has 2 N–H and O–H groups in total. The normalized spacial score (nSPS) is 20.8. The predicted octanol–water partition coefficient (Wildman–Crippen LogP) is 1.70. The molecule has 1 atom stereocenters. The lowest BCUT2D eigenvalue weighted by Crippen LogP contribution is -2.56. The number of carbonyl (C=O) groups excluding carboxylic acids is 1. The summed E-state index contributed by atoms with van der Waals surface area (Å²) in [6.45, 7) is 10.9. The quantitative estimate of drug-likeness (QED) is 0.873. The molecule has 1 aliphatic rings. The molecule has 2 amide bonds. The van der Waals surface area contributed by atoms with Crippen LogP contribution in [0.2, 0.25) is 0 Å². The molecule has 122 valence electrons. The predicted molar refractivity (Wildman–Crippen MR) is 85.0 cm³/mol. The molecule has 0 spiro atoms. The lowest BCUT2D eigenvalue weighted by atomic mass is 10.1. The van der Waals surface area contributed by atoms with Gasteiger partial charge in [-0.05, 0) is 46.2 Å². The number of ether oxygens (including phenoxy) is 1. The van der Waals surface area contributed by atoms with E-state index in [1.165, 1.54) is 0 Å². The van der Waals surface area contributed by atoms with Gasteiger partial charge in [0, 0.05) is 17.8 Å². The average Bonchev–Trinajstić information content (AvgIpc) is 2.34. The minimum absolute atomic E-state index is 0.000913. The summed E-state index contributed by atoms with van der Waals surface area (Å²) in [6.07, 6.45) is -0.000913. The highest BCUT2D eigenvalue weighted by atomic mass is 16.5. The number of H-pyrrole nitrogens is 1. The number of hydrogen-bond donors (Lipinski definition) is 2. The number of morpholine rings is 1. The van der Waals surface area contributed by atoms with Crippen LogP contribution in [0, 0.1) is 13.8 Å². The number of aryl methyl sites for hydroxylation is 2. The van der Waals surface area contributed by atoms with Crippen LogP contribution in [0.15, 0.2) is 10.9 Å². The molecule has 1 aromatic rings. The maximum Gasteiger partial charge on any atom is 0.317 e. The van der Waals surface area contributed by atoms with E-state index in [4.69, 9.17) is 4.74 Å². The van der Waals surface area contributed by atoms with Gasteiger partial charge in [-0.2, -0.15) is 0 Å². The number of hydrogen-bond acceptors (Lipinski definition) is 3. The zero-order chi connectivity index (χ0) is 16.5. The van der Waals surface area contributed by atoms with Crippen molar-refractivity contribution in [1.82, 2.24) is 15.2 Å². The Morgan fingerprint density at radius 3 is 2.77 bits per heavy atom. The Kier molecular flexibility index (Phi) is 4.60. The molecule has 1 aromatic heterocycles. The van der Waals surface area contributed by atoms with Gasteiger partial charge in [0.25, 0.3) is 5.56 Å². The number of rotatable bonds is 2. The van der Waals surface area contributed by atoms with Crippen LogP contribution in [0.5, 0.6) is 0 Å². The molecule has 0 radical (unpaired) electrons. The topological polar surface area (TPSA) is 74.4 Å². The monoisotopic (exact) mass is 307 g/mol. The van der Waals surface area contributed by atoms with Gasteiger partial charge in [0.15, 0.2) is 0 Å². The second-order valence-corrected chi connectivity index (χ2v) is 6.67. The fourth-order valence-corrected chi connectivity index (χ4v) is 2.99. The third kappa shape index (κ3) is 3.88. The van der Waals surface area contributed by atoms with E-state index in [9.17, 15) is 9.59 Å². The minimum Gasteiger partial charge on any atom is -0.369 e. The van der Waals surface area contributed by atoms with E-state index in [1.54, 1.807) is 4.90 Å². The van der Waals surface area contributed by atoms with Crippen LogP contribution in [0.3, 0.4) is 0 Å². The summed E-state index contributed by atoms with van der Waals surface area (Å²) >= 11 is 0. The van der Waals surface area contributed by atoms with E-state index in [-0.39, 0.29) is 29.8 Å². The first-order valence-corrected chi connectivity index (χ1v) is 7.58. The highest BCUT2D eigenvalue weighted by Crippen LogP contribution is 2.20. The van der Waals surface area contributed by atoms with E-state index in [0.717, 1.165) is 11.3 Å². The van der Waals surface area contributed by atoms with Gasteiger partial charge in [-0.15, -0.1) is 0 Å². The van der Waals surface area contributed by atoms with Crippen molar-refractivity contribution in [2.24, 2.45) is 0 Å². The molecule has 6 heteroatoms. The number of aromatic amines is 1. The van der Waals surface area contributed by atoms with Gasteiger partial charge in [0.2, 0.25) is 0 Å². The Morgan fingerprint density at radius 2 is 2.18 bits per heavy atom. The number of urea groups is 1. The molecular formula is C16H25N3O3. The van der Waals surface area contributed by atoms with Crippen molar-refractivity contribution in [3.8, 4) is 0 Å². The van der Waals surface area contributed by atoms with Gasteiger partial charge < -0.3 is 19.9 Å². The summed E-state index contributed by atoms with van der Waals surface area (Å²) in [4.78, 5) is 28.8. The number of aromatic nitrogens is 1. The van der Waals surface area contributed by atoms with Crippen LogP contribution in [0.25, 0.3) is 0 Å². The van der Waals surface area contributed by atoms with E-state index in [0.29, 0.717) is 18.7 Å². The van der Waals surface area contributed by atoms with E-state index in [2.05, 4.69) is 10.3 Å². The molecular weight excluding hydrogens is 282 g/mol. The van der Waals surface area contributed by atoms with Gasteiger partial charge in [-0.25, -0.2) is 4.79 Å². The maximum absolute atomic E-state index is 12.3. The molecule has 2 rings (SSSR count). The van der Waals surface area contributed by atoms with Crippen LogP contribution >= 0.6 is 0 Å². The molecule has 0 unspecified atom stereocenters. The Hall–Kier alpha value is -1.82. The Bertz CT molecular complexity index is 622. The second-order valence-electron chi connectivity index (χ2n) is 6.67. The van der Waals surface area contributed by atoms with E-state index < -0.39 is 0 Å². The molecule has 0 aliphatic carbocycles. The van der Waals surface area contributed by atoms with Gasteiger partial charge in [0.05, 0.1) is 24.8 Å². The standard InChI is InChI=1S/C16H25N3O3/c1-10-6-11(2)18-14(20)13(10)7-17-15(21)19-8-12(3)22-16(4,5)9-19/h6,12H,7-9H2,1-5H3,(H,17,21)(H,18,20)/t12-/m0/s1. The number of amides is 2. The van der Waals surface area contributed by atoms with Crippen LogP contribution < -0.4 is 10.9 Å². The third-order valence-electron chi connectivity index (χ3n) is 3.77. The van der Waals surface area contributed by atoms with Crippen LogP contribution in [0.4, 0.5) is 4.79 Å². The van der Waals surface area contributed by atoms with Gasteiger partial charge in [-0.3, -0.25) is 4.79 Å². The number of nitrogens with zero attached hydrogens (tertiary/aromatic N) is 1. The first-order chi connectivity index (χ1) is 10.2. The number of carbonyl (C=O) groups is 1. The fourth-order valence-electron chi connectivity index (χ4n) is 2.99. The molecule has 6 nitrogen and oxygen atoms in total. The SMILES string of the molecule is Cc1cc(C)c(CNC(=O)N2C[C@H](C)OC(C)(C)C2)c(=O)[nH]1. The Labute approximate surface area is 130 Å². The number of pyridine rings is 1. The summed E-state index contributed by atoms with van der Waals surface area (Å²) in [5.74, 6) is 0. The van der Waals surface area contributed by atoms with Crippen molar-refractivity contribution in [3.05, 3.63) is 33.2 Å². The van der Waals surface area contributed by atoms with E-state index in [1.807, 2.05) is 40.7 Å². The molecule has 1 saturated heterocycles. The van der Waals surface area contributed by atoms with Gasteiger partial charge in [0.1, 0.15) is 0 Å². The highest BCUT2D eigenvalue weighted by molar-refractivity contribution is 5.74. The second kappa shape index (κ2) is 6.12. The zero-order valence-electron chi connectivity index (χ0n) is 13.9. The van der Waals surface area contributed by atoms with E-state index >= 15 is 0 Å². The first kappa shape index (κ1) is 16.5. The minimum atomic E-state index is -0.355. The summed E-state index contributed by atoms with van der Waals surface area (Å²) in [7, 11) is 0. The highest BCUT2D eigenvalue weighted by Gasteiger charge is 2.33. The van der Waals surface area contributed by atoms with Crippen molar-refractivity contribution in [1.29, 1.82) is 0 Å². The van der Waals surface area contributed by atoms with Crippen LogP contribution in [-0.4, -0.2) is 40.7 Å². The molecule has 2 heterocycles. The largest absolute Gasteiger partial charge is 0.369 e. The molecule has 0 bridgehead atoms. The van der Waals surface area contributed by atoms with Gasteiger partial charge >= 0.3 is 6.03 Å². The molecule has 0 saturated carbocycles. The van der Waals surface area contributed by atoms with Crippen LogP contribution in [0.1, 0.15) is 37.6 Å². The molecule has 22 heavy (non-hydrogen) atoms. The fraction of sp³-hybridized carbons (Fsp3) is 0.625. The van der Waals surface area contributed by atoms with Crippen molar-refractivity contribution < 1.29 is 9.53 Å². The molecule has 1 aliphatic heterocycles. The summed E-state index contributed by atoms with van der Waals surface area (Å²) in [6, 6.07) is 1.74. The average molecular weight is 307 g/mol. The van der Waals surface area contributed by atoms with Crippen molar-refractivity contribution >= 4 is 6.03 Å². The van der Waals surface area contributed by atoms with Crippen molar-refractivity contribution in [2.75, 3.05) is 13.1 Å². The lowest BCUT2D eigenvalue weighted by Gasteiger charge is -2.41. The Balaban J connectivity index is 2.03. The third-order valence-corrected chi connectivity index (χ3v) is 3.77. The van der Waals surface area contributed by atoms with Crippen molar-refractivity contribution in [3.63, 3.8) is 0 Å². The van der Waals surface area contributed by atoms with Crippen LogP contribution in [-0.2, 0) is 11.3 Å². The summed E-state index contributed by atoms with van der Waals surface area (Å²) in [5.41, 5.74) is 1.80.